The molecule has 0 bridgehead atoms. The van der Waals surface area contributed by atoms with Gasteiger partial charge in [0.05, 0.1) is 11.7 Å². The second-order valence-electron chi connectivity index (χ2n) is 4.83. The Balaban J connectivity index is 2.11. The summed E-state index contributed by atoms with van der Waals surface area (Å²) in [7, 11) is 0. The molecular formula is C16H21N3. The van der Waals surface area contributed by atoms with Crippen LogP contribution >= 0.6 is 0 Å². The first-order valence-corrected chi connectivity index (χ1v) is 6.84. The standard InChI is InChI=1S/C16H21N3/c1-3-8-18-15(16-12-17-9-10-19-16)11-14-6-4-13(2)5-7-14/h4-7,9-10,12,15,18H,3,8,11H2,1-2H3. The van der Waals surface area contributed by atoms with Gasteiger partial charge >= 0.3 is 0 Å². The van der Waals surface area contributed by atoms with Crippen LogP contribution in [0.25, 0.3) is 0 Å². The fourth-order valence-corrected chi connectivity index (χ4v) is 2.05. The van der Waals surface area contributed by atoms with E-state index in [9.17, 15) is 0 Å². The van der Waals surface area contributed by atoms with Crippen molar-refractivity contribution in [1.29, 1.82) is 0 Å². The van der Waals surface area contributed by atoms with Gasteiger partial charge in [0.25, 0.3) is 0 Å². The van der Waals surface area contributed by atoms with Crippen LogP contribution in [0, 0.1) is 6.92 Å². The van der Waals surface area contributed by atoms with Crippen LogP contribution in [0.4, 0.5) is 0 Å². The van der Waals surface area contributed by atoms with Crippen molar-refractivity contribution in [1.82, 2.24) is 15.3 Å². The molecule has 0 aliphatic carbocycles. The van der Waals surface area contributed by atoms with Crippen LogP contribution in [0.2, 0.25) is 0 Å². The minimum Gasteiger partial charge on any atom is -0.308 e. The summed E-state index contributed by atoms with van der Waals surface area (Å²) in [5.74, 6) is 0. The predicted octanol–water partition coefficient (Wildman–Crippen LogP) is 3.07. The molecule has 1 heterocycles. The highest BCUT2D eigenvalue weighted by molar-refractivity contribution is 5.23. The van der Waals surface area contributed by atoms with Crippen molar-refractivity contribution in [3.8, 4) is 0 Å². The third-order valence-corrected chi connectivity index (χ3v) is 3.14. The molecule has 0 radical (unpaired) electrons. The molecule has 1 atom stereocenters. The number of nitrogens with zero attached hydrogens (tertiary/aromatic N) is 2. The summed E-state index contributed by atoms with van der Waals surface area (Å²) in [6.07, 6.45) is 7.38. The summed E-state index contributed by atoms with van der Waals surface area (Å²) in [5.41, 5.74) is 3.63. The summed E-state index contributed by atoms with van der Waals surface area (Å²) in [4.78, 5) is 8.59. The van der Waals surface area contributed by atoms with E-state index < -0.39 is 0 Å². The average Bonchev–Trinajstić information content (AvgIpc) is 2.46. The van der Waals surface area contributed by atoms with Crippen LogP contribution < -0.4 is 5.32 Å². The van der Waals surface area contributed by atoms with Crippen molar-refractivity contribution >= 4 is 0 Å². The lowest BCUT2D eigenvalue weighted by atomic mass is 10.0. The van der Waals surface area contributed by atoms with E-state index in [1.807, 2.05) is 6.20 Å². The fraction of sp³-hybridized carbons (Fsp3) is 0.375. The summed E-state index contributed by atoms with van der Waals surface area (Å²) in [6.45, 7) is 5.28. The van der Waals surface area contributed by atoms with E-state index in [0.717, 1.165) is 25.1 Å². The molecule has 0 spiro atoms. The number of aromatic nitrogens is 2. The Morgan fingerprint density at radius 2 is 1.95 bits per heavy atom. The van der Waals surface area contributed by atoms with Crippen molar-refractivity contribution in [3.05, 3.63) is 59.7 Å². The van der Waals surface area contributed by atoms with Gasteiger partial charge in [-0.2, -0.15) is 0 Å². The van der Waals surface area contributed by atoms with Crippen molar-refractivity contribution in [2.24, 2.45) is 0 Å². The Kier molecular flexibility index (Phi) is 5.04. The van der Waals surface area contributed by atoms with Gasteiger partial charge in [0.15, 0.2) is 0 Å². The Morgan fingerprint density at radius 1 is 1.16 bits per heavy atom. The normalized spacial score (nSPS) is 12.3. The number of aryl methyl sites for hydroxylation is 1. The third kappa shape index (κ3) is 4.14. The van der Waals surface area contributed by atoms with Gasteiger partial charge < -0.3 is 5.32 Å². The topological polar surface area (TPSA) is 37.8 Å². The molecule has 1 N–H and O–H groups in total. The largest absolute Gasteiger partial charge is 0.308 e. The first kappa shape index (κ1) is 13.7. The zero-order chi connectivity index (χ0) is 13.5. The average molecular weight is 255 g/mol. The molecule has 0 saturated heterocycles. The van der Waals surface area contributed by atoms with Crippen LogP contribution in [0.5, 0.6) is 0 Å². The van der Waals surface area contributed by atoms with Gasteiger partial charge in [-0.15, -0.1) is 0 Å². The predicted molar refractivity (Wildman–Crippen MR) is 77.9 cm³/mol. The van der Waals surface area contributed by atoms with E-state index >= 15 is 0 Å². The second-order valence-corrected chi connectivity index (χ2v) is 4.83. The van der Waals surface area contributed by atoms with E-state index in [0.29, 0.717) is 0 Å². The highest BCUT2D eigenvalue weighted by Crippen LogP contribution is 2.16. The number of nitrogens with one attached hydrogen (secondary N) is 1. The van der Waals surface area contributed by atoms with Gasteiger partial charge in [-0.3, -0.25) is 9.97 Å². The van der Waals surface area contributed by atoms with E-state index in [1.165, 1.54) is 11.1 Å². The molecule has 19 heavy (non-hydrogen) atoms. The number of hydrogen-bond donors (Lipinski definition) is 1. The highest BCUT2D eigenvalue weighted by Gasteiger charge is 2.12. The maximum Gasteiger partial charge on any atom is 0.0759 e. The Hall–Kier alpha value is -1.74. The molecule has 0 amide bonds. The molecule has 2 rings (SSSR count). The fourth-order valence-electron chi connectivity index (χ4n) is 2.05. The van der Waals surface area contributed by atoms with Crippen molar-refractivity contribution < 1.29 is 0 Å². The van der Waals surface area contributed by atoms with E-state index in [1.54, 1.807) is 12.4 Å². The number of rotatable bonds is 6. The minimum absolute atomic E-state index is 0.233. The smallest absolute Gasteiger partial charge is 0.0759 e. The molecule has 0 saturated carbocycles. The number of benzene rings is 1. The Labute approximate surface area is 115 Å². The van der Waals surface area contributed by atoms with Crippen LogP contribution in [-0.2, 0) is 6.42 Å². The van der Waals surface area contributed by atoms with Gasteiger partial charge in [-0.25, -0.2) is 0 Å². The summed E-state index contributed by atoms with van der Waals surface area (Å²) in [6, 6.07) is 8.92. The first-order chi connectivity index (χ1) is 9.29. The molecule has 1 aromatic carbocycles. The van der Waals surface area contributed by atoms with E-state index in [2.05, 4.69) is 53.4 Å². The Bertz CT molecular complexity index is 479. The summed E-state index contributed by atoms with van der Waals surface area (Å²) in [5, 5.41) is 3.55. The molecule has 3 nitrogen and oxygen atoms in total. The molecule has 0 fully saturated rings. The quantitative estimate of drug-likeness (QED) is 0.862. The Morgan fingerprint density at radius 3 is 2.58 bits per heavy atom. The third-order valence-electron chi connectivity index (χ3n) is 3.14. The van der Waals surface area contributed by atoms with Crippen molar-refractivity contribution in [2.45, 2.75) is 32.7 Å². The number of hydrogen-bond acceptors (Lipinski definition) is 3. The van der Waals surface area contributed by atoms with Gasteiger partial charge in [0.2, 0.25) is 0 Å². The van der Waals surface area contributed by atoms with E-state index in [4.69, 9.17) is 0 Å². The van der Waals surface area contributed by atoms with Gasteiger partial charge in [-0.05, 0) is 31.9 Å². The first-order valence-electron chi connectivity index (χ1n) is 6.84. The zero-order valence-electron chi connectivity index (χ0n) is 11.6. The minimum atomic E-state index is 0.233. The van der Waals surface area contributed by atoms with Crippen molar-refractivity contribution in [2.75, 3.05) is 6.54 Å². The molecule has 1 unspecified atom stereocenters. The van der Waals surface area contributed by atoms with Crippen LogP contribution in [-0.4, -0.2) is 16.5 Å². The van der Waals surface area contributed by atoms with Crippen LogP contribution in [0.3, 0.4) is 0 Å². The monoisotopic (exact) mass is 255 g/mol. The molecular weight excluding hydrogens is 234 g/mol. The van der Waals surface area contributed by atoms with Gasteiger partial charge in [-0.1, -0.05) is 36.8 Å². The molecule has 1 aromatic heterocycles. The molecule has 3 heteroatoms. The van der Waals surface area contributed by atoms with E-state index in [-0.39, 0.29) is 6.04 Å². The maximum absolute atomic E-state index is 4.42. The zero-order valence-corrected chi connectivity index (χ0v) is 11.6. The molecule has 100 valence electrons. The van der Waals surface area contributed by atoms with Crippen LogP contribution in [0.1, 0.15) is 36.2 Å². The van der Waals surface area contributed by atoms with Gasteiger partial charge in [0, 0.05) is 18.6 Å². The summed E-state index contributed by atoms with van der Waals surface area (Å²) >= 11 is 0. The van der Waals surface area contributed by atoms with Crippen LogP contribution in [0.15, 0.2) is 42.9 Å². The lowest BCUT2D eigenvalue weighted by Gasteiger charge is -2.17. The SMILES string of the molecule is CCCNC(Cc1ccc(C)cc1)c1cnccn1. The molecule has 0 aliphatic rings. The maximum atomic E-state index is 4.42. The van der Waals surface area contributed by atoms with Gasteiger partial charge in [0.1, 0.15) is 0 Å². The highest BCUT2D eigenvalue weighted by atomic mass is 14.9. The molecule has 0 aliphatic heterocycles. The van der Waals surface area contributed by atoms with Crippen molar-refractivity contribution in [3.63, 3.8) is 0 Å². The lowest BCUT2D eigenvalue weighted by molar-refractivity contribution is 0.516. The second kappa shape index (κ2) is 7.00. The lowest BCUT2D eigenvalue weighted by Crippen LogP contribution is -2.25. The summed E-state index contributed by atoms with van der Waals surface area (Å²) < 4.78 is 0. The molecule has 2 aromatic rings.